The smallest absolute Gasteiger partial charge is 0.237 e. The number of nitrogens with one attached hydrogen (secondary N) is 1. The lowest BCUT2D eigenvalue weighted by atomic mass is 10.0. The number of amides is 1. The number of halogens is 1. The van der Waals surface area contributed by atoms with Crippen LogP contribution in [0.25, 0.3) is 0 Å². The summed E-state index contributed by atoms with van der Waals surface area (Å²) in [4.78, 5) is 14.0. The van der Waals surface area contributed by atoms with Gasteiger partial charge in [0.15, 0.2) is 0 Å². The SMILES string of the molecule is CNC(=O)C1CCCN1C(C)c1cc(Br)ccc1O. The highest BCUT2D eigenvalue weighted by Crippen LogP contribution is 2.35. The maximum atomic E-state index is 11.9. The van der Waals surface area contributed by atoms with Gasteiger partial charge in [-0.15, -0.1) is 0 Å². The third-order valence-electron chi connectivity index (χ3n) is 3.78. The molecule has 1 aliphatic heterocycles. The Labute approximate surface area is 121 Å². The van der Waals surface area contributed by atoms with E-state index in [-0.39, 0.29) is 23.7 Å². The number of aromatic hydroxyl groups is 1. The number of phenols is 1. The van der Waals surface area contributed by atoms with Crippen molar-refractivity contribution in [3.8, 4) is 5.75 Å². The molecule has 0 bridgehead atoms. The molecule has 1 aromatic rings. The Balaban J connectivity index is 2.25. The molecule has 1 amide bonds. The fraction of sp³-hybridized carbons (Fsp3) is 0.500. The van der Waals surface area contributed by atoms with Crippen LogP contribution in [0.3, 0.4) is 0 Å². The quantitative estimate of drug-likeness (QED) is 0.896. The Hall–Kier alpha value is -1.07. The molecule has 0 saturated carbocycles. The van der Waals surface area contributed by atoms with Gasteiger partial charge in [0, 0.05) is 23.1 Å². The Bertz CT molecular complexity index is 479. The van der Waals surface area contributed by atoms with Crippen molar-refractivity contribution in [3.05, 3.63) is 28.2 Å². The van der Waals surface area contributed by atoms with E-state index < -0.39 is 0 Å². The zero-order valence-electron chi connectivity index (χ0n) is 11.2. The Morgan fingerprint density at radius 2 is 2.32 bits per heavy atom. The molecule has 19 heavy (non-hydrogen) atoms. The van der Waals surface area contributed by atoms with Crippen LogP contribution in [0.5, 0.6) is 5.75 Å². The fourth-order valence-corrected chi connectivity index (χ4v) is 3.12. The first-order chi connectivity index (χ1) is 9.04. The van der Waals surface area contributed by atoms with Gasteiger partial charge in [0.05, 0.1) is 6.04 Å². The van der Waals surface area contributed by atoms with Crippen LogP contribution in [0.4, 0.5) is 0 Å². The lowest BCUT2D eigenvalue weighted by Crippen LogP contribution is -2.42. The highest BCUT2D eigenvalue weighted by molar-refractivity contribution is 9.10. The Morgan fingerprint density at radius 3 is 3.00 bits per heavy atom. The number of nitrogens with zero attached hydrogens (tertiary/aromatic N) is 1. The summed E-state index contributed by atoms with van der Waals surface area (Å²) in [5.41, 5.74) is 0.852. The van der Waals surface area contributed by atoms with Crippen LogP contribution in [-0.4, -0.2) is 35.5 Å². The van der Waals surface area contributed by atoms with Crippen molar-refractivity contribution in [3.63, 3.8) is 0 Å². The molecule has 1 aliphatic rings. The normalized spacial score (nSPS) is 21.3. The number of hydrogen-bond acceptors (Lipinski definition) is 3. The van der Waals surface area contributed by atoms with Gasteiger partial charge in [-0.3, -0.25) is 9.69 Å². The maximum Gasteiger partial charge on any atom is 0.237 e. The molecule has 1 saturated heterocycles. The molecular weight excluding hydrogens is 308 g/mol. The lowest BCUT2D eigenvalue weighted by molar-refractivity contribution is -0.125. The van der Waals surface area contributed by atoms with E-state index in [1.54, 1.807) is 13.1 Å². The standard InChI is InChI=1S/C14H19BrN2O2/c1-9(11-8-10(15)5-6-13(11)18)17-7-3-4-12(17)14(19)16-2/h5-6,8-9,12,18H,3-4,7H2,1-2H3,(H,16,19). The van der Waals surface area contributed by atoms with E-state index in [0.717, 1.165) is 29.4 Å². The number of carbonyl (C=O) groups excluding carboxylic acids is 1. The number of rotatable bonds is 3. The fourth-order valence-electron chi connectivity index (χ4n) is 2.74. The van der Waals surface area contributed by atoms with Gasteiger partial charge in [-0.05, 0) is 44.5 Å². The molecule has 0 aromatic heterocycles. The minimum Gasteiger partial charge on any atom is -0.508 e. The summed E-state index contributed by atoms with van der Waals surface area (Å²) in [7, 11) is 1.67. The molecule has 2 rings (SSSR count). The van der Waals surface area contributed by atoms with Crippen molar-refractivity contribution < 1.29 is 9.90 Å². The number of carbonyl (C=O) groups is 1. The molecule has 0 radical (unpaired) electrons. The Kier molecular flexibility index (Phi) is 4.47. The molecule has 2 atom stereocenters. The van der Waals surface area contributed by atoms with Gasteiger partial charge < -0.3 is 10.4 Å². The lowest BCUT2D eigenvalue weighted by Gasteiger charge is -2.30. The highest BCUT2D eigenvalue weighted by Gasteiger charge is 2.34. The zero-order valence-corrected chi connectivity index (χ0v) is 12.8. The van der Waals surface area contributed by atoms with Crippen LogP contribution in [0.2, 0.25) is 0 Å². The van der Waals surface area contributed by atoms with Crippen LogP contribution in [0, 0.1) is 0 Å². The first-order valence-electron chi connectivity index (χ1n) is 6.50. The van der Waals surface area contributed by atoms with Crippen molar-refractivity contribution in [1.29, 1.82) is 0 Å². The predicted molar refractivity (Wildman–Crippen MR) is 78.0 cm³/mol. The van der Waals surface area contributed by atoms with Gasteiger partial charge in [0.2, 0.25) is 5.91 Å². The summed E-state index contributed by atoms with van der Waals surface area (Å²) >= 11 is 3.42. The van der Waals surface area contributed by atoms with Crippen molar-refractivity contribution in [1.82, 2.24) is 10.2 Å². The van der Waals surface area contributed by atoms with Crippen molar-refractivity contribution in [2.45, 2.75) is 31.8 Å². The van der Waals surface area contributed by atoms with E-state index in [1.807, 2.05) is 19.1 Å². The second-order valence-electron chi connectivity index (χ2n) is 4.89. The maximum absolute atomic E-state index is 11.9. The Morgan fingerprint density at radius 1 is 1.58 bits per heavy atom. The van der Waals surface area contributed by atoms with Crippen molar-refractivity contribution >= 4 is 21.8 Å². The molecule has 104 valence electrons. The summed E-state index contributed by atoms with van der Waals surface area (Å²) in [5.74, 6) is 0.331. The minimum atomic E-state index is -0.0987. The van der Waals surface area contributed by atoms with Gasteiger partial charge in [0.1, 0.15) is 5.75 Å². The van der Waals surface area contributed by atoms with Gasteiger partial charge in [-0.25, -0.2) is 0 Å². The summed E-state index contributed by atoms with van der Waals surface area (Å²) in [6.07, 6.45) is 1.88. The average molecular weight is 327 g/mol. The first-order valence-corrected chi connectivity index (χ1v) is 7.29. The number of benzene rings is 1. The molecule has 2 unspecified atom stereocenters. The average Bonchev–Trinajstić information content (AvgIpc) is 2.89. The van der Waals surface area contributed by atoms with E-state index in [2.05, 4.69) is 26.1 Å². The molecule has 1 aromatic carbocycles. The topological polar surface area (TPSA) is 52.6 Å². The molecule has 4 nitrogen and oxygen atoms in total. The molecule has 1 fully saturated rings. The first kappa shape index (κ1) is 14.3. The highest BCUT2D eigenvalue weighted by atomic mass is 79.9. The third kappa shape index (κ3) is 2.92. The van der Waals surface area contributed by atoms with E-state index in [0.29, 0.717) is 0 Å². The minimum absolute atomic E-state index is 0.0160. The van der Waals surface area contributed by atoms with Crippen LogP contribution < -0.4 is 5.32 Å². The number of likely N-dealkylation sites (tertiary alicyclic amines) is 1. The summed E-state index contributed by atoms with van der Waals surface area (Å²) in [5, 5.41) is 12.7. The van der Waals surface area contributed by atoms with Gasteiger partial charge in [-0.2, -0.15) is 0 Å². The predicted octanol–water partition coefficient (Wildman–Crippen LogP) is 2.43. The summed E-state index contributed by atoms with van der Waals surface area (Å²) in [6, 6.07) is 5.33. The second-order valence-corrected chi connectivity index (χ2v) is 5.80. The molecule has 5 heteroatoms. The van der Waals surface area contributed by atoms with E-state index in [9.17, 15) is 9.90 Å². The molecule has 0 aliphatic carbocycles. The van der Waals surface area contributed by atoms with Crippen LogP contribution in [-0.2, 0) is 4.79 Å². The van der Waals surface area contributed by atoms with E-state index in [1.165, 1.54) is 0 Å². The van der Waals surface area contributed by atoms with Crippen LogP contribution in [0.1, 0.15) is 31.4 Å². The van der Waals surface area contributed by atoms with E-state index in [4.69, 9.17) is 0 Å². The monoisotopic (exact) mass is 326 g/mol. The largest absolute Gasteiger partial charge is 0.508 e. The van der Waals surface area contributed by atoms with Crippen molar-refractivity contribution in [2.75, 3.05) is 13.6 Å². The third-order valence-corrected chi connectivity index (χ3v) is 4.27. The van der Waals surface area contributed by atoms with Gasteiger partial charge >= 0.3 is 0 Å². The molecule has 0 spiro atoms. The van der Waals surface area contributed by atoms with Gasteiger partial charge in [-0.1, -0.05) is 15.9 Å². The number of phenolic OH excluding ortho intramolecular Hbond substituents is 1. The van der Waals surface area contributed by atoms with Crippen molar-refractivity contribution in [2.24, 2.45) is 0 Å². The number of likely N-dealkylation sites (N-methyl/N-ethyl adjacent to an activating group) is 1. The van der Waals surface area contributed by atoms with E-state index >= 15 is 0 Å². The zero-order chi connectivity index (χ0) is 14.0. The van der Waals surface area contributed by atoms with Crippen LogP contribution >= 0.6 is 15.9 Å². The summed E-state index contributed by atoms with van der Waals surface area (Å²) in [6.45, 7) is 2.91. The number of hydrogen-bond donors (Lipinski definition) is 2. The molecule has 2 N–H and O–H groups in total. The molecule has 1 heterocycles. The molecular formula is C14H19BrN2O2. The summed E-state index contributed by atoms with van der Waals surface area (Å²) < 4.78 is 0.933. The second kappa shape index (κ2) is 5.92. The van der Waals surface area contributed by atoms with Gasteiger partial charge in [0.25, 0.3) is 0 Å². The van der Waals surface area contributed by atoms with Crippen LogP contribution in [0.15, 0.2) is 22.7 Å².